The molecule has 0 saturated carbocycles. The number of thiophene rings is 1. The molecule has 0 unspecified atom stereocenters. The lowest BCUT2D eigenvalue weighted by Gasteiger charge is -2.10. The van der Waals surface area contributed by atoms with Crippen LogP contribution in [0.15, 0.2) is 47.8 Å². The molecule has 3 aromatic rings. The number of unbranched alkanes of at least 4 members (excludes halogenated alkanes) is 1. The first-order valence-corrected chi connectivity index (χ1v) is 9.06. The fourth-order valence-corrected chi connectivity index (χ4v) is 3.67. The third-order valence-electron chi connectivity index (χ3n) is 3.97. The van der Waals surface area contributed by atoms with Crippen LogP contribution in [0.2, 0.25) is 0 Å². The number of hydrogen-bond acceptors (Lipinski definition) is 3. The number of hydrogen-bond donors (Lipinski definition) is 0. The van der Waals surface area contributed by atoms with Gasteiger partial charge in [-0.25, -0.2) is 4.39 Å². The molecule has 24 heavy (non-hydrogen) atoms. The van der Waals surface area contributed by atoms with Gasteiger partial charge in [0.1, 0.15) is 11.6 Å². The van der Waals surface area contributed by atoms with Gasteiger partial charge >= 0.3 is 0 Å². The van der Waals surface area contributed by atoms with Crippen LogP contribution in [0.1, 0.15) is 12.8 Å². The maximum atomic E-state index is 13.1. The molecule has 4 heteroatoms. The molecule has 0 radical (unpaired) electrons. The molecule has 0 bridgehead atoms. The Bertz CT molecular complexity index is 795. The topological polar surface area (TPSA) is 12.5 Å². The highest BCUT2D eigenvalue weighted by Gasteiger charge is 2.08. The first-order chi connectivity index (χ1) is 11.6. The van der Waals surface area contributed by atoms with Crippen molar-refractivity contribution in [3.8, 4) is 16.9 Å². The molecule has 0 aliphatic carbocycles. The maximum Gasteiger partial charge on any atom is 0.123 e. The Kier molecular flexibility index (Phi) is 5.48. The third-order valence-corrected chi connectivity index (χ3v) is 4.92. The minimum absolute atomic E-state index is 0.205. The van der Waals surface area contributed by atoms with Crippen molar-refractivity contribution in [3.63, 3.8) is 0 Å². The van der Waals surface area contributed by atoms with Gasteiger partial charge in [-0.3, -0.25) is 0 Å². The number of ether oxygens (including phenoxy) is 1. The zero-order valence-corrected chi connectivity index (χ0v) is 14.9. The Morgan fingerprint density at radius 3 is 2.58 bits per heavy atom. The molecule has 0 spiro atoms. The van der Waals surface area contributed by atoms with E-state index in [1.165, 1.54) is 22.2 Å². The summed E-state index contributed by atoms with van der Waals surface area (Å²) in [6.07, 6.45) is 2.20. The van der Waals surface area contributed by atoms with E-state index in [9.17, 15) is 4.39 Å². The van der Waals surface area contributed by atoms with Gasteiger partial charge in [0.2, 0.25) is 0 Å². The molecule has 1 aromatic heterocycles. The van der Waals surface area contributed by atoms with Crippen LogP contribution in [0.5, 0.6) is 5.75 Å². The zero-order valence-electron chi connectivity index (χ0n) is 14.1. The van der Waals surface area contributed by atoms with Crippen LogP contribution in [-0.4, -0.2) is 32.1 Å². The van der Waals surface area contributed by atoms with Gasteiger partial charge in [0.15, 0.2) is 0 Å². The van der Waals surface area contributed by atoms with Gasteiger partial charge in [-0.15, -0.1) is 11.3 Å². The average molecular weight is 343 g/mol. The predicted molar refractivity (Wildman–Crippen MR) is 101 cm³/mol. The summed E-state index contributed by atoms with van der Waals surface area (Å²) in [6.45, 7) is 1.84. The SMILES string of the molecule is CN(C)CCCCOc1ccc2c(-c3ccc(F)cc3)csc2c1. The lowest BCUT2D eigenvalue weighted by Crippen LogP contribution is -2.13. The Balaban J connectivity index is 1.68. The highest BCUT2D eigenvalue weighted by molar-refractivity contribution is 7.17. The Morgan fingerprint density at radius 1 is 1.04 bits per heavy atom. The fraction of sp³-hybridized carbons (Fsp3) is 0.300. The van der Waals surface area contributed by atoms with Gasteiger partial charge in [0.05, 0.1) is 6.61 Å². The quantitative estimate of drug-likeness (QED) is 0.531. The molecule has 0 amide bonds. The van der Waals surface area contributed by atoms with E-state index in [4.69, 9.17) is 4.74 Å². The van der Waals surface area contributed by atoms with Crippen LogP contribution < -0.4 is 4.74 Å². The minimum atomic E-state index is -0.205. The second kappa shape index (κ2) is 7.77. The van der Waals surface area contributed by atoms with Crippen molar-refractivity contribution in [2.45, 2.75) is 12.8 Å². The zero-order chi connectivity index (χ0) is 16.9. The Morgan fingerprint density at radius 2 is 1.83 bits per heavy atom. The average Bonchev–Trinajstić information content (AvgIpc) is 2.98. The lowest BCUT2D eigenvalue weighted by atomic mass is 10.0. The van der Waals surface area contributed by atoms with Gasteiger partial charge in [-0.2, -0.15) is 0 Å². The molecule has 0 saturated heterocycles. The monoisotopic (exact) mass is 343 g/mol. The fourth-order valence-electron chi connectivity index (χ4n) is 2.67. The van der Waals surface area contributed by atoms with Gasteiger partial charge in [-0.05, 0) is 74.8 Å². The number of nitrogens with zero attached hydrogens (tertiary/aromatic N) is 1. The van der Waals surface area contributed by atoms with Crippen molar-refractivity contribution in [1.82, 2.24) is 4.90 Å². The normalized spacial score (nSPS) is 11.3. The van der Waals surface area contributed by atoms with E-state index >= 15 is 0 Å². The van der Waals surface area contributed by atoms with E-state index in [1.54, 1.807) is 11.3 Å². The van der Waals surface area contributed by atoms with Crippen molar-refractivity contribution in [2.24, 2.45) is 0 Å². The molecular formula is C20H22FNOS. The van der Waals surface area contributed by atoms with Crippen LogP contribution in [0.4, 0.5) is 4.39 Å². The predicted octanol–water partition coefficient (Wildman–Crippen LogP) is 5.43. The van der Waals surface area contributed by atoms with E-state index in [1.807, 2.05) is 18.2 Å². The van der Waals surface area contributed by atoms with Crippen molar-refractivity contribution in [3.05, 3.63) is 53.7 Å². The van der Waals surface area contributed by atoms with Gasteiger partial charge in [0, 0.05) is 15.6 Å². The van der Waals surface area contributed by atoms with Crippen LogP contribution >= 0.6 is 11.3 Å². The number of rotatable bonds is 7. The largest absolute Gasteiger partial charge is 0.494 e. The molecular weight excluding hydrogens is 321 g/mol. The van der Waals surface area contributed by atoms with Crippen molar-refractivity contribution < 1.29 is 9.13 Å². The Hall–Kier alpha value is -1.91. The number of fused-ring (bicyclic) bond motifs is 1. The lowest BCUT2D eigenvalue weighted by molar-refractivity contribution is 0.293. The number of halogens is 1. The van der Waals surface area contributed by atoms with Crippen molar-refractivity contribution in [2.75, 3.05) is 27.2 Å². The first kappa shape index (κ1) is 16.9. The molecule has 126 valence electrons. The summed E-state index contributed by atoms with van der Waals surface area (Å²) < 4.78 is 20.2. The third kappa shape index (κ3) is 4.13. The van der Waals surface area contributed by atoms with E-state index < -0.39 is 0 Å². The summed E-state index contributed by atoms with van der Waals surface area (Å²) in [5.41, 5.74) is 2.19. The highest BCUT2D eigenvalue weighted by atomic mass is 32.1. The molecule has 3 rings (SSSR count). The molecule has 1 heterocycles. The van der Waals surface area contributed by atoms with Gasteiger partial charge in [0.25, 0.3) is 0 Å². The van der Waals surface area contributed by atoms with Crippen LogP contribution in [0.3, 0.4) is 0 Å². The summed E-state index contributed by atoms with van der Waals surface area (Å²) in [7, 11) is 4.18. The van der Waals surface area contributed by atoms with Crippen LogP contribution in [-0.2, 0) is 0 Å². The van der Waals surface area contributed by atoms with E-state index in [-0.39, 0.29) is 5.82 Å². The van der Waals surface area contributed by atoms with Gasteiger partial charge < -0.3 is 9.64 Å². The molecule has 2 aromatic carbocycles. The first-order valence-electron chi connectivity index (χ1n) is 8.18. The second-order valence-corrected chi connectivity index (χ2v) is 7.08. The summed E-state index contributed by atoms with van der Waals surface area (Å²) >= 11 is 1.69. The maximum absolute atomic E-state index is 13.1. The van der Waals surface area contributed by atoms with Crippen molar-refractivity contribution in [1.29, 1.82) is 0 Å². The number of benzene rings is 2. The summed E-state index contributed by atoms with van der Waals surface area (Å²) in [5.74, 6) is 0.711. The Labute approximate surface area is 146 Å². The van der Waals surface area contributed by atoms with E-state index in [0.717, 1.165) is 42.9 Å². The van der Waals surface area contributed by atoms with Crippen molar-refractivity contribution >= 4 is 21.4 Å². The second-order valence-electron chi connectivity index (χ2n) is 6.17. The van der Waals surface area contributed by atoms with E-state index in [2.05, 4.69) is 36.5 Å². The van der Waals surface area contributed by atoms with Crippen LogP contribution in [0, 0.1) is 5.82 Å². The smallest absolute Gasteiger partial charge is 0.123 e. The van der Waals surface area contributed by atoms with Crippen LogP contribution in [0.25, 0.3) is 21.2 Å². The standard InChI is InChI=1S/C20H22FNOS/c1-22(2)11-3-4-12-23-17-9-10-18-19(14-24-20(18)13-17)15-5-7-16(21)8-6-15/h5-10,13-14H,3-4,11-12H2,1-2H3. The molecule has 0 atom stereocenters. The molecule has 0 aliphatic rings. The summed E-state index contributed by atoms with van der Waals surface area (Å²) in [4.78, 5) is 2.19. The molecule has 0 N–H and O–H groups in total. The van der Waals surface area contributed by atoms with Gasteiger partial charge in [-0.1, -0.05) is 12.1 Å². The summed E-state index contributed by atoms with van der Waals surface area (Å²) in [5, 5.41) is 3.31. The minimum Gasteiger partial charge on any atom is -0.494 e. The van der Waals surface area contributed by atoms with E-state index in [0.29, 0.717) is 0 Å². The highest BCUT2D eigenvalue weighted by Crippen LogP contribution is 2.36. The molecule has 0 aliphatic heterocycles. The molecule has 0 fully saturated rings. The molecule has 2 nitrogen and oxygen atoms in total. The summed E-state index contributed by atoms with van der Waals surface area (Å²) in [6, 6.07) is 12.9.